The SMILES string of the molecule is COC1CC(C)OC(CCC(C)C(O)C(C)C2(C)CC(OC)CC(OC)C(O)C(OC)CC3CC=CC(CCC/C=C(C)\C=C\C(=O)O2)O3)C1. The van der Waals surface area contributed by atoms with E-state index in [9.17, 15) is 15.0 Å². The zero-order valence-electron chi connectivity index (χ0n) is 32.3. The summed E-state index contributed by atoms with van der Waals surface area (Å²) in [5.74, 6) is -1.01. The van der Waals surface area contributed by atoms with Gasteiger partial charge in [0.15, 0.2) is 0 Å². The fourth-order valence-corrected chi connectivity index (χ4v) is 7.82. The van der Waals surface area contributed by atoms with Gasteiger partial charge in [0.2, 0.25) is 0 Å². The number of aliphatic hydroxyl groups excluding tert-OH is 2. The maximum atomic E-state index is 13.4. The molecule has 0 saturated carbocycles. The fraction of sp³-hybridized carbons (Fsp3) is 0.825. The molecule has 2 bridgehead atoms. The highest BCUT2D eigenvalue weighted by molar-refractivity contribution is 5.82. The maximum Gasteiger partial charge on any atom is 0.331 e. The van der Waals surface area contributed by atoms with Crippen LogP contribution in [0.5, 0.6) is 0 Å². The average Bonchev–Trinajstić information content (AvgIpc) is 3.10. The normalized spacial score (nSPS) is 39.0. The number of aliphatic hydroxyl groups is 2. The largest absolute Gasteiger partial charge is 0.456 e. The minimum Gasteiger partial charge on any atom is -0.456 e. The standard InChI is InChI=1S/C40H68O10/c1-26-13-10-11-14-30-15-12-16-31(49-30)23-35(46-8)39(43)36(47-9)24-34(45-7)25-40(5,50-37(41)20-17-26)29(4)38(42)27(2)18-19-32-22-33(44-6)21-28(3)48-32/h12-13,15,17,20,27-36,38-39,42-43H,10-11,14,16,18-19,21-25H2,1-9H3/b20-17+,26-13-. The van der Waals surface area contributed by atoms with Crippen molar-refractivity contribution in [2.75, 3.05) is 28.4 Å². The van der Waals surface area contributed by atoms with E-state index in [1.165, 1.54) is 6.08 Å². The Bertz CT molecular complexity index is 1090. The Kier molecular flexibility index (Phi) is 18.1. The van der Waals surface area contributed by atoms with Crippen LogP contribution in [0.25, 0.3) is 0 Å². The van der Waals surface area contributed by atoms with E-state index in [0.29, 0.717) is 12.8 Å². The van der Waals surface area contributed by atoms with Gasteiger partial charge in [-0.1, -0.05) is 43.7 Å². The third-order valence-corrected chi connectivity index (χ3v) is 11.3. The second-order valence-corrected chi connectivity index (χ2v) is 15.2. The Morgan fingerprint density at radius 2 is 1.66 bits per heavy atom. The molecule has 3 aliphatic heterocycles. The molecule has 288 valence electrons. The number of carbonyl (C=O) groups excluding carboxylic acids is 1. The molecule has 10 nitrogen and oxygen atoms in total. The smallest absolute Gasteiger partial charge is 0.331 e. The van der Waals surface area contributed by atoms with Crippen molar-refractivity contribution in [3.63, 3.8) is 0 Å². The molecule has 0 amide bonds. The van der Waals surface area contributed by atoms with Gasteiger partial charge >= 0.3 is 5.97 Å². The van der Waals surface area contributed by atoms with E-state index in [1.807, 2.05) is 27.7 Å². The Labute approximate surface area is 301 Å². The third kappa shape index (κ3) is 13.1. The highest BCUT2D eigenvalue weighted by atomic mass is 16.6. The van der Waals surface area contributed by atoms with Gasteiger partial charge in [-0.25, -0.2) is 4.79 Å². The van der Waals surface area contributed by atoms with E-state index in [4.69, 9.17) is 33.2 Å². The number of carbonyl (C=O) groups is 1. The second kappa shape index (κ2) is 21.2. The van der Waals surface area contributed by atoms with Crippen molar-refractivity contribution in [3.05, 3.63) is 36.0 Å². The molecule has 1 fully saturated rings. The van der Waals surface area contributed by atoms with Gasteiger partial charge in [-0.05, 0) is 78.1 Å². The lowest BCUT2D eigenvalue weighted by atomic mass is 9.76. The zero-order chi connectivity index (χ0) is 36.8. The lowest BCUT2D eigenvalue weighted by Gasteiger charge is -2.42. The van der Waals surface area contributed by atoms with E-state index >= 15 is 0 Å². The lowest BCUT2D eigenvalue weighted by Crippen LogP contribution is -2.49. The number of hydrogen-bond donors (Lipinski definition) is 2. The molecule has 1 saturated heterocycles. The molecule has 2 N–H and O–H groups in total. The molecule has 0 aromatic carbocycles. The highest BCUT2D eigenvalue weighted by Crippen LogP contribution is 2.37. The van der Waals surface area contributed by atoms with Gasteiger partial charge in [-0.3, -0.25) is 0 Å². The maximum absolute atomic E-state index is 13.4. The van der Waals surface area contributed by atoms with E-state index in [0.717, 1.165) is 56.9 Å². The first-order chi connectivity index (χ1) is 23.8. The quantitative estimate of drug-likeness (QED) is 0.199. The summed E-state index contributed by atoms with van der Waals surface area (Å²) >= 11 is 0. The van der Waals surface area contributed by atoms with Crippen LogP contribution in [0.2, 0.25) is 0 Å². The Balaban J connectivity index is 1.84. The molecule has 3 rings (SSSR count). The van der Waals surface area contributed by atoms with Crippen molar-refractivity contribution in [1.82, 2.24) is 0 Å². The van der Waals surface area contributed by atoms with E-state index in [1.54, 1.807) is 34.5 Å². The van der Waals surface area contributed by atoms with Gasteiger partial charge < -0.3 is 43.4 Å². The molecule has 0 spiro atoms. The van der Waals surface area contributed by atoms with Gasteiger partial charge in [-0.15, -0.1) is 0 Å². The van der Waals surface area contributed by atoms with E-state index < -0.39 is 48.0 Å². The summed E-state index contributed by atoms with van der Waals surface area (Å²) in [5, 5.41) is 23.3. The summed E-state index contributed by atoms with van der Waals surface area (Å²) in [5.41, 5.74) is -0.130. The van der Waals surface area contributed by atoms with Crippen LogP contribution >= 0.6 is 0 Å². The minimum atomic E-state index is -1.10. The first-order valence-corrected chi connectivity index (χ1v) is 18.8. The third-order valence-electron chi connectivity index (χ3n) is 11.3. The van der Waals surface area contributed by atoms with Crippen LogP contribution in [0, 0.1) is 11.8 Å². The van der Waals surface area contributed by atoms with Gasteiger partial charge in [0.25, 0.3) is 0 Å². The predicted molar refractivity (Wildman–Crippen MR) is 194 cm³/mol. The van der Waals surface area contributed by atoms with Crippen molar-refractivity contribution in [1.29, 1.82) is 0 Å². The van der Waals surface area contributed by atoms with Crippen LogP contribution in [-0.2, 0) is 38.0 Å². The van der Waals surface area contributed by atoms with Crippen LogP contribution < -0.4 is 0 Å². The molecule has 10 heteroatoms. The minimum absolute atomic E-state index is 0.00866. The van der Waals surface area contributed by atoms with Crippen LogP contribution in [0.3, 0.4) is 0 Å². The van der Waals surface area contributed by atoms with Crippen LogP contribution in [0.15, 0.2) is 36.0 Å². The van der Waals surface area contributed by atoms with Gasteiger partial charge in [0, 0.05) is 59.7 Å². The van der Waals surface area contributed by atoms with Crippen LogP contribution in [0.1, 0.15) is 105 Å². The Hall–Kier alpha value is -1.63. The molecule has 3 heterocycles. The summed E-state index contributed by atoms with van der Waals surface area (Å²) in [4.78, 5) is 13.4. The zero-order valence-corrected chi connectivity index (χ0v) is 32.3. The number of hydrogen-bond acceptors (Lipinski definition) is 10. The van der Waals surface area contributed by atoms with E-state index in [2.05, 4.69) is 25.2 Å². The average molecular weight is 709 g/mol. The molecule has 0 radical (unpaired) electrons. The predicted octanol–water partition coefficient (Wildman–Crippen LogP) is 6.26. The Morgan fingerprint density at radius 1 is 0.960 bits per heavy atom. The molecular weight excluding hydrogens is 640 g/mol. The molecule has 0 aromatic rings. The summed E-state index contributed by atoms with van der Waals surface area (Å²) in [6, 6.07) is 0. The molecule has 13 unspecified atom stereocenters. The number of rotatable bonds is 10. The van der Waals surface area contributed by atoms with Crippen molar-refractivity contribution < 1.29 is 48.2 Å². The molecule has 3 aliphatic rings. The first kappa shape index (κ1) is 42.8. The second-order valence-electron chi connectivity index (χ2n) is 15.2. The van der Waals surface area contributed by atoms with Crippen molar-refractivity contribution in [3.8, 4) is 0 Å². The molecule has 50 heavy (non-hydrogen) atoms. The van der Waals surface area contributed by atoms with Crippen LogP contribution in [-0.4, -0.2) is 111 Å². The summed E-state index contributed by atoms with van der Waals surface area (Å²) in [6.07, 6.45) is 14.5. The molecular formula is C40H68O10. The van der Waals surface area contributed by atoms with Crippen molar-refractivity contribution in [2.24, 2.45) is 11.8 Å². The van der Waals surface area contributed by atoms with Crippen molar-refractivity contribution >= 4 is 5.97 Å². The number of allylic oxidation sites excluding steroid dienone is 3. The first-order valence-electron chi connectivity index (χ1n) is 18.8. The Morgan fingerprint density at radius 3 is 2.34 bits per heavy atom. The molecule has 13 atom stereocenters. The van der Waals surface area contributed by atoms with Gasteiger partial charge in [-0.2, -0.15) is 0 Å². The summed E-state index contributed by atoms with van der Waals surface area (Å²) < 4.78 is 42.1. The summed E-state index contributed by atoms with van der Waals surface area (Å²) in [7, 11) is 6.53. The topological polar surface area (TPSA) is 122 Å². The van der Waals surface area contributed by atoms with Crippen LogP contribution in [0.4, 0.5) is 0 Å². The number of fused-ring (bicyclic) bond motifs is 2. The summed E-state index contributed by atoms with van der Waals surface area (Å²) in [6.45, 7) is 9.90. The number of cyclic esters (lactones) is 1. The molecule has 0 aliphatic carbocycles. The highest BCUT2D eigenvalue weighted by Gasteiger charge is 2.44. The van der Waals surface area contributed by atoms with Crippen molar-refractivity contribution in [2.45, 2.75) is 172 Å². The number of esters is 1. The fourth-order valence-electron chi connectivity index (χ4n) is 7.82. The van der Waals surface area contributed by atoms with Gasteiger partial charge in [0.1, 0.15) is 11.7 Å². The number of ether oxygens (including phenoxy) is 7. The monoisotopic (exact) mass is 708 g/mol. The lowest BCUT2D eigenvalue weighted by molar-refractivity contribution is -0.172. The number of methoxy groups -OCH3 is 4. The molecule has 0 aromatic heterocycles. The van der Waals surface area contributed by atoms with Gasteiger partial charge in [0.05, 0.1) is 54.9 Å². The van der Waals surface area contributed by atoms with E-state index in [-0.39, 0.29) is 42.9 Å².